The molecule has 2 saturated carbocycles. The summed E-state index contributed by atoms with van der Waals surface area (Å²) in [6.45, 7) is 0. The Morgan fingerprint density at radius 1 is 1.00 bits per heavy atom. The van der Waals surface area contributed by atoms with E-state index in [9.17, 15) is 0 Å². The highest BCUT2D eigenvalue weighted by Gasteiger charge is 2.42. The monoisotopic (exact) mass is 271 g/mol. The van der Waals surface area contributed by atoms with Crippen LogP contribution in [0.5, 0.6) is 0 Å². The fourth-order valence-electron chi connectivity index (χ4n) is 4.72. The number of nitrogens with one attached hydrogen (secondary N) is 1. The van der Waals surface area contributed by atoms with E-state index in [-0.39, 0.29) is 0 Å². The highest BCUT2D eigenvalue weighted by atomic mass is 15.0. The van der Waals surface area contributed by atoms with E-state index in [1.54, 1.807) is 0 Å². The molecule has 0 aliphatic heterocycles. The zero-order valence-electron chi connectivity index (χ0n) is 12.5. The molecule has 20 heavy (non-hydrogen) atoms. The van der Waals surface area contributed by atoms with Gasteiger partial charge in [-0.1, -0.05) is 12.8 Å². The lowest BCUT2D eigenvalue weighted by molar-refractivity contribution is 0.404. The Bertz CT molecular complexity index is 511. The fraction of sp³-hybridized carbons (Fsp3) is 0.765. The van der Waals surface area contributed by atoms with Crippen molar-refractivity contribution >= 4 is 5.82 Å². The van der Waals surface area contributed by atoms with Crippen LogP contribution in [0.4, 0.5) is 5.82 Å². The van der Waals surface area contributed by atoms with Crippen molar-refractivity contribution < 1.29 is 0 Å². The molecule has 3 aliphatic carbocycles. The topological polar surface area (TPSA) is 37.8 Å². The van der Waals surface area contributed by atoms with Gasteiger partial charge in [0, 0.05) is 24.2 Å². The summed E-state index contributed by atoms with van der Waals surface area (Å²) in [5.41, 5.74) is 2.75. The van der Waals surface area contributed by atoms with Crippen molar-refractivity contribution in [1.82, 2.24) is 9.97 Å². The molecule has 1 heterocycles. The van der Waals surface area contributed by atoms with Crippen LogP contribution in [0.3, 0.4) is 0 Å². The van der Waals surface area contributed by atoms with Crippen LogP contribution >= 0.6 is 0 Å². The third-order valence-electron chi connectivity index (χ3n) is 5.76. The first kappa shape index (κ1) is 12.6. The molecule has 2 bridgehead atoms. The van der Waals surface area contributed by atoms with Crippen molar-refractivity contribution in [1.29, 1.82) is 0 Å². The molecule has 3 unspecified atom stereocenters. The number of rotatable bonds is 2. The van der Waals surface area contributed by atoms with Crippen LogP contribution in [-0.4, -0.2) is 17.0 Å². The smallest absolute Gasteiger partial charge is 0.134 e. The first-order chi connectivity index (χ1) is 9.85. The molecule has 0 saturated heterocycles. The molecule has 3 heteroatoms. The van der Waals surface area contributed by atoms with E-state index in [4.69, 9.17) is 9.97 Å². The molecule has 0 amide bonds. The van der Waals surface area contributed by atoms with Crippen LogP contribution in [-0.2, 0) is 12.8 Å². The third kappa shape index (κ3) is 2.02. The van der Waals surface area contributed by atoms with Crippen molar-refractivity contribution in [2.75, 3.05) is 12.4 Å². The summed E-state index contributed by atoms with van der Waals surface area (Å²) in [6, 6.07) is 0. The van der Waals surface area contributed by atoms with Crippen LogP contribution in [0.15, 0.2) is 0 Å². The van der Waals surface area contributed by atoms with Gasteiger partial charge in [-0.15, -0.1) is 0 Å². The number of fused-ring (bicyclic) bond motifs is 3. The van der Waals surface area contributed by atoms with Gasteiger partial charge in [0.1, 0.15) is 11.6 Å². The normalized spacial score (nSPS) is 31.9. The van der Waals surface area contributed by atoms with Gasteiger partial charge in [-0.05, 0) is 56.8 Å². The molecule has 3 atom stereocenters. The van der Waals surface area contributed by atoms with Gasteiger partial charge in [0.05, 0.1) is 0 Å². The van der Waals surface area contributed by atoms with Crippen LogP contribution < -0.4 is 5.32 Å². The van der Waals surface area contributed by atoms with Crippen LogP contribution in [0, 0.1) is 11.8 Å². The van der Waals surface area contributed by atoms with Crippen molar-refractivity contribution in [3.8, 4) is 0 Å². The van der Waals surface area contributed by atoms with Gasteiger partial charge in [0.2, 0.25) is 0 Å². The summed E-state index contributed by atoms with van der Waals surface area (Å²) < 4.78 is 0. The number of anilines is 1. The van der Waals surface area contributed by atoms with Gasteiger partial charge in [0.15, 0.2) is 0 Å². The Kier molecular flexibility index (Phi) is 3.16. The minimum atomic E-state index is 0.648. The minimum absolute atomic E-state index is 0.648. The summed E-state index contributed by atoms with van der Waals surface area (Å²) >= 11 is 0. The summed E-state index contributed by atoms with van der Waals surface area (Å²) in [6.07, 6.45) is 11.9. The SMILES string of the molecule is CNc1nc(C2CC3CCC2C3)nc2c1CCCCC2. The molecular weight excluding hydrogens is 246 g/mol. The highest BCUT2D eigenvalue weighted by molar-refractivity contribution is 5.47. The molecule has 1 aromatic heterocycles. The number of aromatic nitrogens is 2. The Morgan fingerprint density at radius 3 is 2.65 bits per heavy atom. The maximum atomic E-state index is 5.03. The zero-order chi connectivity index (χ0) is 13.5. The second-order valence-corrected chi connectivity index (χ2v) is 6.95. The van der Waals surface area contributed by atoms with Crippen LogP contribution in [0.1, 0.15) is 67.9 Å². The minimum Gasteiger partial charge on any atom is -0.373 e. The number of hydrogen-bond donors (Lipinski definition) is 1. The predicted molar refractivity (Wildman–Crippen MR) is 81.0 cm³/mol. The third-order valence-corrected chi connectivity index (χ3v) is 5.76. The average Bonchev–Trinajstić information content (AvgIpc) is 3.02. The second-order valence-electron chi connectivity index (χ2n) is 6.95. The van der Waals surface area contributed by atoms with Crippen molar-refractivity contribution in [2.45, 2.75) is 63.7 Å². The van der Waals surface area contributed by atoms with Crippen LogP contribution in [0.25, 0.3) is 0 Å². The lowest BCUT2D eigenvalue weighted by Crippen LogP contribution is -2.16. The Labute approximate surface area is 121 Å². The number of aryl methyl sites for hydroxylation is 1. The van der Waals surface area contributed by atoms with Crippen molar-refractivity contribution in [2.24, 2.45) is 11.8 Å². The Hall–Kier alpha value is -1.12. The summed E-state index contributed by atoms with van der Waals surface area (Å²) in [5.74, 6) is 4.75. The average molecular weight is 271 g/mol. The molecule has 1 aromatic rings. The van der Waals surface area contributed by atoms with E-state index in [1.165, 1.54) is 56.2 Å². The molecule has 0 spiro atoms. The molecule has 4 rings (SSSR count). The summed E-state index contributed by atoms with van der Waals surface area (Å²) in [7, 11) is 2.01. The Balaban J connectivity index is 1.72. The molecule has 3 nitrogen and oxygen atoms in total. The Morgan fingerprint density at radius 2 is 1.90 bits per heavy atom. The quantitative estimate of drug-likeness (QED) is 0.834. The van der Waals surface area contributed by atoms with Crippen molar-refractivity contribution in [3.63, 3.8) is 0 Å². The standard InChI is InChI=1S/C17H25N3/c1-18-16-13-5-3-2-4-6-15(13)19-17(20-16)14-10-11-7-8-12(14)9-11/h11-12,14H,2-10H2,1H3,(H,18,19,20). The molecule has 0 radical (unpaired) electrons. The van der Waals surface area contributed by atoms with Gasteiger partial charge in [-0.25, -0.2) is 9.97 Å². The molecular formula is C17H25N3. The molecule has 0 aromatic carbocycles. The van der Waals surface area contributed by atoms with Gasteiger partial charge < -0.3 is 5.32 Å². The highest BCUT2D eigenvalue weighted by Crippen LogP contribution is 2.52. The van der Waals surface area contributed by atoms with E-state index in [1.807, 2.05) is 7.05 Å². The largest absolute Gasteiger partial charge is 0.373 e. The predicted octanol–water partition coefficient (Wildman–Crippen LogP) is 3.69. The molecule has 2 fully saturated rings. The zero-order valence-corrected chi connectivity index (χ0v) is 12.5. The molecule has 3 aliphatic rings. The van der Waals surface area contributed by atoms with E-state index in [2.05, 4.69) is 5.32 Å². The van der Waals surface area contributed by atoms with E-state index in [0.717, 1.165) is 36.3 Å². The summed E-state index contributed by atoms with van der Waals surface area (Å²) in [5, 5.41) is 3.34. The lowest BCUT2D eigenvalue weighted by Gasteiger charge is -2.22. The fourth-order valence-corrected chi connectivity index (χ4v) is 4.72. The van der Waals surface area contributed by atoms with Gasteiger partial charge in [-0.2, -0.15) is 0 Å². The van der Waals surface area contributed by atoms with Gasteiger partial charge >= 0.3 is 0 Å². The van der Waals surface area contributed by atoms with Gasteiger partial charge in [0.25, 0.3) is 0 Å². The van der Waals surface area contributed by atoms with E-state index < -0.39 is 0 Å². The number of hydrogen-bond acceptors (Lipinski definition) is 3. The maximum absolute atomic E-state index is 5.03. The molecule has 1 N–H and O–H groups in total. The molecule has 108 valence electrons. The second kappa shape index (κ2) is 5.01. The first-order valence-corrected chi connectivity index (χ1v) is 8.42. The van der Waals surface area contributed by atoms with Crippen LogP contribution in [0.2, 0.25) is 0 Å². The lowest BCUT2D eigenvalue weighted by atomic mass is 9.88. The number of nitrogens with zero attached hydrogens (tertiary/aromatic N) is 2. The van der Waals surface area contributed by atoms with E-state index in [0.29, 0.717) is 5.92 Å². The summed E-state index contributed by atoms with van der Waals surface area (Å²) in [4.78, 5) is 9.96. The van der Waals surface area contributed by atoms with Gasteiger partial charge in [-0.3, -0.25) is 0 Å². The first-order valence-electron chi connectivity index (χ1n) is 8.42. The maximum Gasteiger partial charge on any atom is 0.134 e. The van der Waals surface area contributed by atoms with E-state index >= 15 is 0 Å². The van der Waals surface area contributed by atoms with Crippen molar-refractivity contribution in [3.05, 3.63) is 17.1 Å².